The Labute approximate surface area is 282 Å². The summed E-state index contributed by atoms with van der Waals surface area (Å²) in [6.45, 7) is 1.96. The number of fused-ring (bicyclic) bond motifs is 4. The van der Waals surface area contributed by atoms with E-state index >= 15 is 0 Å². The Morgan fingerprint density at radius 2 is 1.14 bits per heavy atom. The van der Waals surface area contributed by atoms with Crippen LogP contribution in [0.2, 0.25) is 0 Å². The third kappa shape index (κ3) is 5.31. The largest absolute Gasteiger partial charge is 0.308 e. The number of hydrogen-bond donors (Lipinski definition) is 0. The molecule has 1 aliphatic heterocycles. The van der Waals surface area contributed by atoms with Gasteiger partial charge >= 0.3 is 0 Å². The molecule has 0 atom stereocenters. The molecule has 5 aromatic carbocycles. The van der Waals surface area contributed by atoms with Gasteiger partial charge in [-0.05, 0) is 65.6 Å². The number of para-hydroxylation sites is 1. The lowest BCUT2D eigenvalue weighted by molar-refractivity contribution is 0.0926. The van der Waals surface area contributed by atoms with Crippen molar-refractivity contribution in [1.82, 2.24) is 24.5 Å². The maximum Gasteiger partial charge on any atom is 0.268 e. The van der Waals surface area contributed by atoms with E-state index in [-0.39, 0.29) is 11.8 Å². The Kier molecular flexibility index (Phi) is 7.50. The molecule has 4 heterocycles. The number of aromatic nitrogens is 5. The third-order valence-corrected chi connectivity index (χ3v) is 8.62. The van der Waals surface area contributed by atoms with Crippen molar-refractivity contribution in [3.63, 3.8) is 0 Å². The van der Waals surface area contributed by atoms with Gasteiger partial charge in [-0.25, -0.2) is 24.8 Å². The van der Waals surface area contributed by atoms with Gasteiger partial charge in [0.1, 0.15) is 12.7 Å². The minimum atomic E-state index is -0.336. The van der Waals surface area contributed by atoms with E-state index in [0.29, 0.717) is 22.5 Å². The third-order valence-electron chi connectivity index (χ3n) is 8.62. The number of rotatable bonds is 4. The molecule has 8 heteroatoms. The van der Waals surface area contributed by atoms with Crippen molar-refractivity contribution in [3.05, 3.63) is 169 Å². The summed E-state index contributed by atoms with van der Waals surface area (Å²) >= 11 is 0. The monoisotopic (exact) mass is 636 g/mol. The summed E-state index contributed by atoms with van der Waals surface area (Å²) in [7, 11) is 0. The van der Waals surface area contributed by atoms with Gasteiger partial charge in [0.05, 0.1) is 33.5 Å². The van der Waals surface area contributed by atoms with E-state index in [4.69, 9.17) is 0 Å². The second kappa shape index (κ2) is 12.4. The predicted molar refractivity (Wildman–Crippen MR) is 192 cm³/mol. The lowest BCUT2D eigenvalue weighted by atomic mass is 10.1. The molecule has 1 aliphatic rings. The molecule has 0 fully saturated rings. The van der Waals surface area contributed by atoms with Crippen LogP contribution in [0.1, 0.15) is 26.3 Å². The van der Waals surface area contributed by atoms with E-state index in [2.05, 4.69) is 48.8 Å². The molecule has 0 radical (unpaired) electrons. The lowest BCUT2D eigenvalue weighted by Gasteiger charge is -2.15. The van der Waals surface area contributed by atoms with Gasteiger partial charge in [-0.1, -0.05) is 78.9 Å². The van der Waals surface area contributed by atoms with Crippen molar-refractivity contribution in [2.75, 3.05) is 4.90 Å². The molecule has 0 saturated carbocycles. The Balaban J connectivity index is 0.000000446. The maximum absolute atomic E-state index is 14.1. The van der Waals surface area contributed by atoms with Crippen molar-refractivity contribution in [3.8, 4) is 27.9 Å². The molecule has 0 aliphatic carbocycles. The van der Waals surface area contributed by atoms with Crippen molar-refractivity contribution >= 4 is 39.3 Å². The van der Waals surface area contributed by atoms with Crippen LogP contribution in [0.5, 0.6) is 0 Å². The number of imide groups is 1. The fourth-order valence-corrected chi connectivity index (χ4v) is 6.35. The van der Waals surface area contributed by atoms with Crippen LogP contribution in [-0.4, -0.2) is 36.3 Å². The number of hydrogen-bond acceptors (Lipinski definition) is 6. The van der Waals surface area contributed by atoms with E-state index in [1.54, 1.807) is 30.9 Å². The first-order valence-electron chi connectivity index (χ1n) is 15.8. The molecule has 8 nitrogen and oxygen atoms in total. The standard InChI is InChI=1S/C36H22N4O2.C5H6N2/c41-35-30-10-6-12-32(34(30)36(42)39(35)27-16-13-24(14-17-27)23-7-2-1-3-8-23)40-31-11-5-4-9-28(31)29-18-15-25(19-33(29)40)26-20-37-22-38-21-26;1-5-2-6-4-7-3-5/h1-22H;2-4H,1H3. The average Bonchev–Trinajstić information content (AvgIpc) is 3.63. The topological polar surface area (TPSA) is 93.9 Å². The zero-order valence-electron chi connectivity index (χ0n) is 26.4. The second-order valence-corrected chi connectivity index (χ2v) is 11.7. The SMILES string of the molecule is Cc1cncnc1.O=C1c2cccc(-n3c4ccccc4c4ccc(-c5cncnc5)cc43)c2C(=O)N1c1ccc(-c2ccccc2)cc1. The van der Waals surface area contributed by atoms with E-state index in [9.17, 15) is 9.59 Å². The number of aryl methyl sites for hydroxylation is 1. The summed E-state index contributed by atoms with van der Waals surface area (Å²) in [6.07, 6.45) is 10.1. The van der Waals surface area contributed by atoms with Gasteiger partial charge in [0.2, 0.25) is 0 Å². The highest BCUT2D eigenvalue weighted by atomic mass is 16.2. The van der Waals surface area contributed by atoms with Gasteiger partial charge < -0.3 is 4.57 Å². The Hall–Kier alpha value is -6.80. The van der Waals surface area contributed by atoms with Crippen LogP contribution < -0.4 is 4.90 Å². The van der Waals surface area contributed by atoms with Crippen molar-refractivity contribution in [1.29, 1.82) is 0 Å². The molecule has 3 aromatic heterocycles. The first kappa shape index (κ1) is 29.6. The maximum atomic E-state index is 14.1. The minimum Gasteiger partial charge on any atom is -0.308 e. The summed E-state index contributed by atoms with van der Waals surface area (Å²) in [5, 5.41) is 2.11. The quantitative estimate of drug-likeness (QED) is 0.180. The number of carbonyl (C=O) groups excluding carboxylic acids is 2. The molecule has 2 amide bonds. The first-order valence-corrected chi connectivity index (χ1v) is 15.8. The van der Waals surface area contributed by atoms with Crippen LogP contribution in [0.25, 0.3) is 49.7 Å². The molecule has 0 unspecified atom stereocenters. The van der Waals surface area contributed by atoms with E-state index in [1.807, 2.05) is 91.9 Å². The highest BCUT2D eigenvalue weighted by Gasteiger charge is 2.39. The van der Waals surface area contributed by atoms with Crippen molar-refractivity contribution < 1.29 is 9.59 Å². The highest BCUT2D eigenvalue weighted by molar-refractivity contribution is 6.35. The average molecular weight is 637 g/mol. The van der Waals surface area contributed by atoms with Crippen LogP contribution in [0.4, 0.5) is 5.69 Å². The molecular weight excluding hydrogens is 608 g/mol. The predicted octanol–water partition coefficient (Wildman–Crippen LogP) is 8.49. The molecule has 8 aromatic rings. The lowest BCUT2D eigenvalue weighted by Crippen LogP contribution is -2.29. The molecule has 9 rings (SSSR count). The van der Waals surface area contributed by atoms with Gasteiger partial charge in [-0.15, -0.1) is 0 Å². The van der Waals surface area contributed by atoms with Crippen LogP contribution in [0, 0.1) is 6.92 Å². The number of carbonyl (C=O) groups is 2. The summed E-state index contributed by atoms with van der Waals surface area (Å²) in [5.74, 6) is -0.663. The summed E-state index contributed by atoms with van der Waals surface area (Å²) in [4.78, 5) is 45.0. The first-order chi connectivity index (χ1) is 24.1. The Morgan fingerprint density at radius 3 is 1.86 bits per heavy atom. The van der Waals surface area contributed by atoms with Crippen LogP contribution >= 0.6 is 0 Å². The number of nitrogens with zero attached hydrogens (tertiary/aromatic N) is 6. The minimum absolute atomic E-state index is 0.327. The van der Waals surface area contributed by atoms with Gasteiger partial charge in [-0.2, -0.15) is 0 Å². The van der Waals surface area contributed by atoms with Gasteiger partial charge in [-0.3, -0.25) is 9.59 Å². The smallest absolute Gasteiger partial charge is 0.268 e. The van der Waals surface area contributed by atoms with Crippen molar-refractivity contribution in [2.24, 2.45) is 0 Å². The number of amides is 2. The molecule has 0 bridgehead atoms. The van der Waals surface area contributed by atoms with Crippen LogP contribution in [0.15, 0.2) is 153 Å². The van der Waals surface area contributed by atoms with Crippen LogP contribution in [-0.2, 0) is 0 Å². The molecular formula is C41H28N6O2. The number of anilines is 1. The Morgan fingerprint density at radius 1 is 0.510 bits per heavy atom. The van der Waals surface area contributed by atoms with E-state index in [0.717, 1.165) is 49.6 Å². The molecule has 234 valence electrons. The van der Waals surface area contributed by atoms with E-state index in [1.165, 1.54) is 17.6 Å². The summed E-state index contributed by atoms with van der Waals surface area (Å²) in [6, 6.07) is 37.4. The second-order valence-electron chi connectivity index (χ2n) is 11.7. The molecule has 0 N–H and O–H groups in total. The Bertz CT molecular complexity index is 2480. The fourth-order valence-electron chi connectivity index (χ4n) is 6.35. The van der Waals surface area contributed by atoms with Crippen molar-refractivity contribution in [2.45, 2.75) is 6.92 Å². The van der Waals surface area contributed by atoms with E-state index < -0.39 is 0 Å². The normalized spacial score (nSPS) is 12.2. The summed E-state index contributed by atoms with van der Waals surface area (Å²) in [5.41, 5.74) is 8.92. The van der Waals surface area contributed by atoms with Gasteiger partial charge in [0, 0.05) is 41.1 Å². The highest BCUT2D eigenvalue weighted by Crippen LogP contribution is 2.39. The fraction of sp³-hybridized carbons (Fsp3) is 0.0244. The van der Waals surface area contributed by atoms with Gasteiger partial charge in [0.25, 0.3) is 11.8 Å². The molecule has 0 spiro atoms. The molecule has 0 saturated heterocycles. The summed E-state index contributed by atoms with van der Waals surface area (Å²) < 4.78 is 2.09. The number of benzene rings is 5. The zero-order chi connectivity index (χ0) is 33.3. The van der Waals surface area contributed by atoms with Crippen LogP contribution in [0.3, 0.4) is 0 Å². The zero-order valence-corrected chi connectivity index (χ0v) is 26.4. The van der Waals surface area contributed by atoms with Gasteiger partial charge in [0.15, 0.2) is 0 Å². The molecule has 49 heavy (non-hydrogen) atoms.